The summed E-state index contributed by atoms with van der Waals surface area (Å²) >= 11 is 6.09. The molecule has 5 nitrogen and oxygen atoms in total. The lowest BCUT2D eigenvalue weighted by molar-refractivity contribution is 0.0265. The SMILES string of the molecule is CC.CC.Cc1cc2[nH]c(CNC(=O)N3CC(O)C3)cc2cc1Cl. The molecule has 134 valence electrons. The number of amides is 2. The monoisotopic (exact) mass is 353 g/mol. The van der Waals surface area contributed by atoms with Gasteiger partial charge in [0, 0.05) is 21.6 Å². The molecule has 0 atom stereocenters. The first-order valence-electron chi connectivity index (χ1n) is 8.51. The summed E-state index contributed by atoms with van der Waals surface area (Å²) in [6, 6.07) is 5.74. The van der Waals surface area contributed by atoms with Crippen molar-refractivity contribution in [2.45, 2.75) is 47.3 Å². The number of nitrogens with zero attached hydrogens (tertiary/aromatic N) is 1. The number of H-pyrrole nitrogens is 1. The Morgan fingerprint density at radius 1 is 1.29 bits per heavy atom. The van der Waals surface area contributed by atoms with Crippen LogP contribution in [0.2, 0.25) is 5.02 Å². The molecule has 1 aliphatic rings. The normalized spacial score (nSPS) is 13.4. The quantitative estimate of drug-likeness (QED) is 0.761. The van der Waals surface area contributed by atoms with Crippen LogP contribution in [0.1, 0.15) is 39.0 Å². The second-order valence-corrected chi connectivity index (χ2v) is 5.61. The van der Waals surface area contributed by atoms with Crippen LogP contribution in [0.5, 0.6) is 0 Å². The number of rotatable bonds is 2. The molecule has 2 aromatic rings. The average molecular weight is 354 g/mol. The van der Waals surface area contributed by atoms with E-state index in [1.54, 1.807) is 4.90 Å². The molecule has 1 aromatic carbocycles. The molecule has 0 bridgehead atoms. The van der Waals surface area contributed by atoms with E-state index in [9.17, 15) is 4.79 Å². The van der Waals surface area contributed by atoms with E-state index in [0.717, 1.165) is 27.2 Å². The lowest BCUT2D eigenvalue weighted by atomic mass is 10.2. The third-order valence-corrected chi connectivity index (χ3v) is 3.94. The van der Waals surface area contributed by atoms with E-state index in [1.807, 2.05) is 52.8 Å². The van der Waals surface area contributed by atoms with Gasteiger partial charge in [0.05, 0.1) is 25.7 Å². The maximum atomic E-state index is 11.7. The number of hydrogen-bond donors (Lipinski definition) is 3. The second-order valence-electron chi connectivity index (χ2n) is 5.20. The van der Waals surface area contributed by atoms with Crippen molar-refractivity contribution in [3.05, 3.63) is 34.5 Å². The minimum atomic E-state index is -0.376. The highest BCUT2D eigenvalue weighted by molar-refractivity contribution is 6.32. The molecule has 0 aliphatic carbocycles. The number of aliphatic hydroxyl groups is 1. The van der Waals surface area contributed by atoms with Gasteiger partial charge >= 0.3 is 6.03 Å². The van der Waals surface area contributed by atoms with Gasteiger partial charge in [-0.3, -0.25) is 0 Å². The zero-order valence-corrected chi connectivity index (χ0v) is 15.9. The molecule has 1 fully saturated rings. The van der Waals surface area contributed by atoms with Crippen molar-refractivity contribution in [3.63, 3.8) is 0 Å². The predicted molar refractivity (Wildman–Crippen MR) is 101 cm³/mol. The number of halogens is 1. The Morgan fingerprint density at radius 3 is 2.50 bits per heavy atom. The largest absolute Gasteiger partial charge is 0.389 e. The summed E-state index contributed by atoms with van der Waals surface area (Å²) in [6.07, 6.45) is -0.376. The summed E-state index contributed by atoms with van der Waals surface area (Å²) in [7, 11) is 0. The number of hydrogen-bond acceptors (Lipinski definition) is 2. The van der Waals surface area contributed by atoms with Crippen molar-refractivity contribution < 1.29 is 9.90 Å². The molecule has 6 heteroatoms. The lowest BCUT2D eigenvalue weighted by Crippen LogP contribution is -2.56. The zero-order valence-electron chi connectivity index (χ0n) is 15.1. The maximum absolute atomic E-state index is 11.7. The number of likely N-dealkylation sites (tertiary alicyclic amines) is 1. The number of urea groups is 1. The summed E-state index contributed by atoms with van der Waals surface area (Å²) in [5, 5.41) is 13.8. The van der Waals surface area contributed by atoms with Gasteiger partial charge in [-0.15, -0.1) is 0 Å². The van der Waals surface area contributed by atoms with Gasteiger partial charge < -0.3 is 20.3 Å². The van der Waals surface area contributed by atoms with E-state index in [1.165, 1.54) is 0 Å². The van der Waals surface area contributed by atoms with Crippen molar-refractivity contribution >= 4 is 28.5 Å². The number of carbonyl (C=O) groups is 1. The number of benzene rings is 1. The van der Waals surface area contributed by atoms with Crippen LogP contribution >= 0.6 is 11.6 Å². The average Bonchev–Trinajstić information content (AvgIpc) is 2.95. The van der Waals surface area contributed by atoms with Crippen molar-refractivity contribution in [2.24, 2.45) is 0 Å². The van der Waals surface area contributed by atoms with Gasteiger partial charge in [-0.25, -0.2) is 4.79 Å². The summed E-state index contributed by atoms with van der Waals surface area (Å²) in [4.78, 5) is 16.6. The number of β-amino-alcohol motifs (C(OH)–C–C–N with tert-alkyl or cyclic N) is 1. The molecular weight excluding hydrogens is 326 g/mol. The number of fused-ring (bicyclic) bond motifs is 1. The van der Waals surface area contributed by atoms with E-state index >= 15 is 0 Å². The molecule has 1 aliphatic heterocycles. The van der Waals surface area contributed by atoms with Crippen molar-refractivity contribution in [2.75, 3.05) is 13.1 Å². The Kier molecular flexibility index (Phi) is 8.08. The van der Waals surface area contributed by atoms with Crippen molar-refractivity contribution in [3.8, 4) is 0 Å². The topological polar surface area (TPSA) is 68.4 Å². The third kappa shape index (κ3) is 4.89. The molecule has 0 radical (unpaired) electrons. The summed E-state index contributed by atoms with van der Waals surface area (Å²) < 4.78 is 0. The Labute approximate surface area is 149 Å². The second kappa shape index (κ2) is 9.55. The molecule has 1 saturated heterocycles. The van der Waals surface area contributed by atoms with E-state index < -0.39 is 0 Å². The van der Waals surface area contributed by atoms with Crippen LogP contribution in [0.4, 0.5) is 4.79 Å². The molecule has 3 rings (SSSR count). The van der Waals surface area contributed by atoms with Crippen LogP contribution in [0.25, 0.3) is 10.9 Å². The van der Waals surface area contributed by atoms with Crippen LogP contribution in [0, 0.1) is 6.92 Å². The highest BCUT2D eigenvalue weighted by atomic mass is 35.5. The summed E-state index contributed by atoms with van der Waals surface area (Å²) in [6.45, 7) is 11.2. The summed E-state index contributed by atoms with van der Waals surface area (Å²) in [5.41, 5.74) is 2.96. The Hall–Kier alpha value is -1.72. The van der Waals surface area contributed by atoms with Crippen molar-refractivity contribution in [1.29, 1.82) is 0 Å². The van der Waals surface area contributed by atoms with Gasteiger partial charge in [-0.1, -0.05) is 39.3 Å². The fourth-order valence-corrected chi connectivity index (χ4v) is 2.49. The van der Waals surface area contributed by atoms with Gasteiger partial charge in [0.1, 0.15) is 0 Å². The van der Waals surface area contributed by atoms with Gasteiger partial charge in [0.25, 0.3) is 0 Å². The number of aromatic nitrogens is 1. The van der Waals surface area contributed by atoms with Crippen LogP contribution in [0.15, 0.2) is 18.2 Å². The van der Waals surface area contributed by atoms with E-state index in [0.29, 0.717) is 19.6 Å². The molecule has 0 saturated carbocycles. The maximum Gasteiger partial charge on any atom is 0.317 e. The molecule has 0 unspecified atom stereocenters. The molecule has 2 heterocycles. The van der Waals surface area contributed by atoms with E-state index in [-0.39, 0.29) is 12.1 Å². The summed E-state index contributed by atoms with van der Waals surface area (Å²) in [5.74, 6) is 0. The number of aryl methyl sites for hydroxylation is 1. The minimum absolute atomic E-state index is 0.150. The third-order valence-electron chi connectivity index (χ3n) is 3.54. The Balaban J connectivity index is 0.000000671. The molecular formula is C18H28ClN3O2. The zero-order chi connectivity index (χ0) is 18.3. The standard InChI is InChI=1S/C14H16ClN3O2.2C2H6/c1-8-2-13-9(4-12(8)15)3-10(17-13)5-16-14(20)18-6-11(19)7-18;2*1-2/h2-4,11,17,19H,5-7H2,1H3,(H,16,20);2*1-2H3. The first kappa shape index (κ1) is 20.3. The number of aromatic amines is 1. The van der Waals surface area contributed by atoms with Gasteiger partial charge in [0.2, 0.25) is 0 Å². The lowest BCUT2D eigenvalue weighted by Gasteiger charge is -2.35. The fraction of sp³-hybridized carbons (Fsp3) is 0.500. The molecule has 1 aromatic heterocycles. The van der Waals surface area contributed by atoms with Crippen LogP contribution < -0.4 is 5.32 Å². The molecule has 2 amide bonds. The van der Waals surface area contributed by atoms with Gasteiger partial charge in [-0.2, -0.15) is 0 Å². The van der Waals surface area contributed by atoms with Gasteiger partial charge in [0.15, 0.2) is 0 Å². The molecule has 0 spiro atoms. The Morgan fingerprint density at radius 2 is 1.92 bits per heavy atom. The van der Waals surface area contributed by atoms with E-state index in [4.69, 9.17) is 16.7 Å². The fourth-order valence-electron chi connectivity index (χ4n) is 2.32. The smallest absolute Gasteiger partial charge is 0.317 e. The number of carbonyl (C=O) groups excluding carboxylic acids is 1. The Bertz CT molecular complexity index is 625. The van der Waals surface area contributed by atoms with Crippen molar-refractivity contribution in [1.82, 2.24) is 15.2 Å². The number of aliphatic hydroxyl groups excluding tert-OH is 1. The molecule has 3 N–H and O–H groups in total. The van der Waals surface area contributed by atoms with Crippen LogP contribution in [-0.2, 0) is 6.54 Å². The highest BCUT2D eigenvalue weighted by Crippen LogP contribution is 2.24. The van der Waals surface area contributed by atoms with E-state index in [2.05, 4.69) is 10.3 Å². The minimum Gasteiger partial charge on any atom is -0.389 e. The number of nitrogens with one attached hydrogen (secondary N) is 2. The highest BCUT2D eigenvalue weighted by Gasteiger charge is 2.28. The predicted octanol–water partition coefficient (Wildman–Crippen LogP) is 4.07. The first-order chi connectivity index (χ1) is 11.5. The van der Waals surface area contributed by atoms with Gasteiger partial charge in [-0.05, 0) is 30.7 Å². The van der Waals surface area contributed by atoms with Crippen LogP contribution in [-0.4, -0.2) is 40.2 Å². The molecule has 24 heavy (non-hydrogen) atoms. The van der Waals surface area contributed by atoms with Crippen LogP contribution in [0.3, 0.4) is 0 Å². The first-order valence-corrected chi connectivity index (χ1v) is 8.89.